The maximum Gasteiger partial charge on any atom is 0.326 e. The Balaban J connectivity index is 0.00000336. The minimum absolute atomic E-state index is 0. The van der Waals surface area contributed by atoms with Crippen LogP contribution in [0.4, 0.5) is 0 Å². The molecule has 4 aromatic rings. The van der Waals surface area contributed by atoms with Gasteiger partial charge in [-0.2, -0.15) is 13.5 Å². The van der Waals surface area contributed by atoms with Crippen molar-refractivity contribution in [3.05, 3.63) is 107 Å². The number of benzene rings is 3. The summed E-state index contributed by atoms with van der Waals surface area (Å²) < 4.78 is 1.93. The van der Waals surface area contributed by atoms with Crippen molar-refractivity contribution in [3.8, 4) is 0 Å². The fourth-order valence-electron chi connectivity index (χ4n) is 5.24. The highest BCUT2D eigenvalue weighted by atomic mass is 32.1. The molecule has 1 aromatic heterocycles. The Morgan fingerprint density at radius 3 is 2.11 bits per heavy atom. The van der Waals surface area contributed by atoms with Gasteiger partial charge in [0, 0.05) is 44.8 Å². The van der Waals surface area contributed by atoms with Gasteiger partial charge < -0.3 is 15.2 Å². The van der Waals surface area contributed by atoms with E-state index in [9.17, 15) is 4.79 Å². The van der Waals surface area contributed by atoms with Gasteiger partial charge in [-0.25, -0.2) is 4.79 Å². The van der Waals surface area contributed by atoms with Crippen LogP contribution in [0.3, 0.4) is 0 Å². The van der Waals surface area contributed by atoms with E-state index in [0.29, 0.717) is 6.04 Å². The molecule has 3 aromatic carbocycles. The quantitative estimate of drug-likeness (QED) is 0.303. The smallest absolute Gasteiger partial charge is 0.326 e. The molecular weight excluding hydrogens is 510 g/mol. The van der Waals surface area contributed by atoms with Crippen LogP contribution >= 0.6 is 25.7 Å². The van der Waals surface area contributed by atoms with Crippen molar-refractivity contribution in [1.29, 1.82) is 0 Å². The van der Waals surface area contributed by atoms with Gasteiger partial charge in [-0.05, 0) is 55.2 Å². The number of likely N-dealkylation sites (tertiary alicyclic amines) is 1. The molecule has 0 radical (unpaired) electrons. The zero-order valence-electron chi connectivity index (χ0n) is 21.8. The number of imidazole rings is 1. The Kier molecular flexibility index (Phi) is 9.66. The minimum Gasteiger partial charge on any atom is -0.361 e. The molecule has 1 fully saturated rings. The van der Waals surface area contributed by atoms with E-state index < -0.39 is 0 Å². The molecule has 1 atom stereocenters. The standard InChI is InChI=1S/C30H35N5OS.H2S/c1-23(34(21-24-10-4-2-5-11-24)22-25-12-6-3-7-13-25)20-31-30(37)33-18-16-26(17-19-33)35-28-15-9-8-14-27(28)32-29(35)36;/h2-15,23,26H,16-22H2,1H3,(H,31,37)(H,32,36);1H2/t23-;/m0./s1. The Hall–Kier alpha value is -3.07. The normalized spacial score (nSPS) is 14.8. The van der Waals surface area contributed by atoms with Crippen molar-refractivity contribution in [2.24, 2.45) is 0 Å². The van der Waals surface area contributed by atoms with Gasteiger partial charge in [0.25, 0.3) is 0 Å². The molecule has 1 aliphatic heterocycles. The summed E-state index contributed by atoms with van der Waals surface area (Å²) in [5.41, 5.74) is 4.48. The number of H-pyrrole nitrogens is 1. The number of para-hydroxylation sites is 2. The lowest BCUT2D eigenvalue weighted by Crippen LogP contribution is -2.48. The molecular formula is C30H37N5OS2. The average molecular weight is 548 g/mol. The van der Waals surface area contributed by atoms with Crippen LogP contribution in [-0.4, -0.2) is 50.1 Å². The number of piperidine rings is 1. The molecule has 38 heavy (non-hydrogen) atoms. The highest BCUT2D eigenvalue weighted by Crippen LogP contribution is 2.25. The second-order valence-electron chi connectivity index (χ2n) is 9.95. The van der Waals surface area contributed by atoms with Gasteiger partial charge in [0.1, 0.15) is 0 Å². The molecule has 0 unspecified atom stereocenters. The zero-order valence-corrected chi connectivity index (χ0v) is 23.7. The maximum absolute atomic E-state index is 12.6. The number of thiocarbonyl (C=S) groups is 1. The summed E-state index contributed by atoms with van der Waals surface area (Å²) in [5, 5.41) is 4.34. The van der Waals surface area contributed by atoms with E-state index in [-0.39, 0.29) is 25.2 Å². The Morgan fingerprint density at radius 1 is 0.947 bits per heavy atom. The fraction of sp³-hybridized carbons (Fsp3) is 0.333. The molecule has 0 spiro atoms. The topological polar surface area (TPSA) is 56.3 Å². The summed E-state index contributed by atoms with van der Waals surface area (Å²) in [6, 6.07) is 29.7. The first-order valence-corrected chi connectivity index (χ1v) is 13.5. The zero-order chi connectivity index (χ0) is 25.6. The molecule has 200 valence electrons. The molecule has 5 rings (SSSR count). The molecule has 8 heteroatoms. The summed E-state index contributed by atoms with van der Waals surface area (Å²) in [5.74, 6) is 0. The summed E-state index contributed by atoms with van der Waals surface area (Å²) in [6.45, 7) is 6.49. The number of aromatic amines is 1. The number of rotatable bonds is 8. The summed E-state index contributed by atoms with van der Waals surface area (Å²) in [7, 11) is 0. The predicted octanol–water partition coefficient (Wildman–Crippen LogP) is 5.04. The molecule has 0 bridgehead atoms. The fourth-order valence-corrected chi connectivity index (χ4v) is 5.51. The third-order valence-corrected chi connectivity index (χ3v) is 7.77. The Bertz CT molecular complexity index is 1320. The number of fused-ring (bicyclic) bond motifs is 1. The number of nitrogens with zero attached hydrogens (tertiary/aromatic N) is 3. The molecule has 1 saturated heterocycles. The van der Waals surface area contributed by atoms with Gasteiger partial charge in [-0.15, -0.1) is 0 Å². The van der Waals surface area contributed by atoms with Crippen molar-refractivity contribution in [2.75, 3.05) is 19.6 Å². The lowest BCUT2D eigenvalue weighted by molar-refractivity contribution is 0.189. The Labute approximate surface area is 237 Å². The number of nitrogens with one attached hydrogen (secondary N) is 2. The van der Waals surface area contributed by atoms with Gasteiger partial charge in [-0.1, -0.05) is 72.8 Å². The Morgan fingerprint density at radius 2 is 1.50 bits per heavy atom. The van der Waals surface area contributed by atoms with Crippen molar-refractivity contribution in [1.82, 2.24) is 24.7 Å². The van der Waals surface area contributed by atoms with E-state index in [4.69, 9.17) is 12.2 Å². The van der Waals surface area contributed by atoms with Gasteiger partial charge in [0.05, 0.1) is 11.0 Å². The van der Waals surface area contributed by atoms with E-state index in [1.54, 1.807) is 0 Å². The van der Waals surface area contributed by atoms with E-state index in [0.717, 1.165) is 61.7 Å². The first-order valence-electron chi connectivity index (χ1n) is 13.1. The molecule has 0 saturated carbocycles. The van der Waals surface area contributed by atoms with Crippen molar-refractivity contribution in [2.45, 2.75) is 44.9 Å². The summed E-state index contributed by atoms with van der Waals surface area (Å²) >= 11 is 5.80. The van der Waals surface area contributed by atoms with Gasteiger partial charge in [0.15, 0.2) is 5.11 Å². The van der Waals surface area contributed by atoms with Crippen molar-refractivity contribution in [3.63, 3.8) is 0 Å². The van der Waals surface area contributed by atoms with Crippen LogP contribution in [0.15, 0.2) is 89.7 Å². The van der Waals surface area contributed by atoms with Gasteiger partial charge >= 0.3 is 5.69 Å². The van der Waals surface area contributed by atoms with Gasteiger partial charge in [0.2, 0.25) is 0 Å². The largest absolute Gasteiger partial charge is 0.361 e. The van der Waals surface area contributed by atoms with Crippen LogP contribution < -0.4 is 11.0 Å². The van der Waals surface area contributed by atoms with E-state index in [2.05, 4.69) is 87.7 Å². The minimum atomic E-state index is -0.0221. The summed E-state index contributed by atoms with van der Waals surface area (Å²) in [6.07, 6.45) is 1.79. The van der Waals surface area contributed by atoms with Crippen molar-refractivity contribution < 1.29 is 0 Å². The second kappa shape index (κ2) is 13.1. The van der Waals surface area contributed by atoms with Crippen LogP contribution in [0.2, 0.25) is 0 Å². The second-order valence-corrected chi connectivity index (χ2v) is 10.3. The van der Waals surface area contributed by atoms with Crippen LogP contribution in [0.5, 0.6) is 0 Å². The predicted molar refractivity (Wildman–Crippen MR) is 165 cm³/mol. The van der Waals surface area contributed by atoms with Crippen LogP contribution in [-0.2, 0) is 13.1 Å². The highest BCUT2D eigenvalue weighted by Gasteiger charge is 2.25. The van der Waals surface area contributed by atoms with E-state index >= 15 is 0 Å². The van der Waals surface area contributed by atoms with E-state index in [1.807, 2.05) is 28.8 Å². The monoisotopic (exact) mass is 547 g/mol. The van der Waals surface area contributed by atoms with E-state index in [1.165, 1.54) is 11.1 Å². The average Bonchev–Trinajstić information content (AvgIpc) is 3.28. The van der Waals surface area contributed by atoms with Crippen LogP contribution in [0.25, 0.3) is 11.0 Å². The lowest BCUT2D eigenvalue weighted by atomic mass is 10.0. The third-order valence-electron chi connectivity index (χ3n) is 7.37. The molecule has 2 heterocycles. The first-order chi connectivity index (χ1) is 18.1. The number of hydrogen-bond donors (Lipinski definition) is 2. The molecule has 0 aliphatic carbocycles. The summed E-state index contributed by atoms with van der Waals surface area (Å²) in [4.78, 5) is 20.3. The molecule has 6 nitrogen and oxygen atoms in total. The van der Waals surface area contributed by atoms with Gasteiger partial charge in [-0.3, -0.25) is 9.47 Å². The lowest BCUT2D eigenvalue weighted by Gasteiger charge is -2.35. The van der Waals surface area contributed by atoms with Crippen molar-refractivity contribution >= 4 is 41.9 Å². The molecule has 2 N–H and O–H groups in total. The maximum atomic E-state index is 12.6. The molecule has 0 amide bonds. The number of aromatic nitrogens is 2. The van der Waals surface area contributed by atoms with Crippen LogP contribution in [0, 0.1) is 0 Å². The van der Waals surface area contributed by atoms with Crippen LogP contribution in [0.1, 0.15) is 36.9 Å². The SMILES string of the molecule is C[C@@H](CNC(=S)N1CCC(n2c(=O)[nH]c3ccccc32)CC1)N(Cc1ccccc1)Cc1ccccc1.S. The first kappa shape index (κ1) is 28.0. The molecule has 1 aliphatic rings. The highest BCUT2D eigenvalue weighted by molar-refractivity contribution is 7.80. The third kappa shape index (κ3) is 6.67. The number of hydrogen-bond acceptors (Lipinski definition) is 3.